The lowest BCUT2D eigenvalue weighted by Crippen LogP contribution is -2.44. The van der Waals surface area contributed by atoms with Crippen LogP contribution >= 0.6 is 0 Å². The Bertz CT molecular complexity index is 308. The molecule has 1 rings (SSSR count). The van der Waals surface area contributed by atoms with Crippen molar-refractivity contribution in [2.24, 2.45) is 11.8 Å². The lowest BCUT2D eigenvalue weighted by Gasteiger charge is -2.32. The van der Waals surface area contributed by atoms with Crippen molar-refractivity contribution >= 4 is 11.8 Å². The second kappa shape index (κ2) is 7.48. The van der Waals surface area contributed by atoms with Crippen LogP contribution in [-0.4, -0.2) is 47.6 Å². The van der Waals surface area contributed by atoms with Crippen LogP contribution in [0.3, 0.4) is 0 Å². The van der Waals surface area contributed by atoms with Crippen LogP contribution in [0.1, 0.15) is 40.0 Å². The van der Waals surface area contributed by atoms with Gasteiger partial charge in [0.05, 0.1) is 6.10 Å². The molecule has 0 aromatic heterocycles. The van der Waals surface area contributed by atoms with E-state index in [-0.39, 0.29) is 29.8 Å². The number of hydrogen-bond acceptors (Lipinski definition) is 3. The lowest BCUT2D eigenvalue weighted by atomic mass is 9.95. The van der Waals surface area contributed by atoms with E-state index in [9.17, 15) is 9.59 Å². The summed E-state index contributed by atoms with van der Waals surface area (Å²) in [5.74, 6) is 0.256. The number of piperidine rings is 1. The van der Waals surface area contributed by atoms with E-state index in [1.165, 1.54) is 0 Å². The maximum atomic E-state index is 11.9. The monoisotopic (exact) mass is 270 g/mol. The fraction of sp³-hybridized carbons (Fsp3) is 0.857. The summed E-state index contributed by atoms with van der Waals surface area (Å²) in [6.45, 7) is 7.37. The smallest absolute Gasteiger partial charge is 0.225 e. The highest BCUT2D eigenvalue weighted by Crippen LogP contribution is 2.18. The predicted octanol–water partition coefficient (Wildman–Crippen LogP) is 0.768. The van der Waals surface area contributed by atoms with Crippen LogP contribution in [-0.2, 0) is 9.59 Å². The fourth-order valence-electron chi connectivity index (χ4n) is 2.28. The standard InChI is InChI=1S/C14H26N2O3/c1-10(2)14(19)16-8-5-12(6-9-16)13(18)15-7-4-11(3)17/h10-12,17H,4-9H2,1-3H3,(H,15,18). The summed E-state index contributed by atoms with van der Waals surface area (Å²) in [7, 11) is 0. The van der Waals surface area contributed by atoms with E-state index in [4.69, 9.17) is 5.11 Å². The topological polar surface area (TPSA) is 69.6 Å². The van der Waals surface area contributed by atoms with Gasteiger partial charge >= 0.3 is 0 Å². The zero-order valence-corrected chi connectivity index (χ0v) is 12.2. The zero-order chi connectivity index (χ0) is 14.4. The molecule has 1 aliphatic heterocycles. The number of likely N-dealkylation sites (tertiary alicyclic amines) is 1. The van der Waals surface area contributed by atoms with Crippen LogP contribution in [0.25, 0.3) is 0 Å². The number of aliphatic hydroxyl groups excluding tert-OH is 1. The third-order valence-electron chi connectivity index (χ3n) is 3.53. The van der Waals surface area contributed by atoms with Gasteiger partial charge in [-0.15, -0.1) is 0 Å². The summed E-state index contributed by atoms with van der Waals surface area (Å²) in [5, 5.41) is 12.0. The summed E-state index contributed by atoms with van der Waals surface area (Å²) in [4.78, 5) is 25.6. The van der Waals surface area contributed by atoms with Crippen molar-refractivity contribution in [1.29, 1.82) is 0 Å². The minimum Gasteiger partial charge on any atom is -0.393 e. The van der Waals surface area contributed by atoms with Crippen LogP contribution in [0.2, 0.25) is 0 Å². The molecule has 1 heterocycles. The molecule has 0 bridgehead atoms. The first-order valence-corrected chi connectivity index (χ1v) is 7.16. The molecule has 0 aliphatic carbocycles. The number of nitrogens with zero attached hydrogens (tertiary/aromatic N) is 1. The Kier molecular flexibility index (Phi) is 6.28. The number of nitrogens with one attached hydrogen (secondary N) is 1. The first-order valence-electron chi connectivity index (χ1n) is 7.16. The molecule has 0 spiro atoms. The maximum absolute atomic E-state index is 11.9. The minimum atomic E-state index is -0.384. The Morgan fingerprint density at radius 1 is 1.26 bits per heavy atom. The number of rotatable bonds is 5. The largest absolute Gasteiger partial charge is 0.393 e. The molecule has 0 radical (unpaired) electrons. The highest BCUT2D eigenvalue weighted by molar-refractivity contribution is 5.80. The second-order valence-electron chi connectivity index (χ2n) is 5.68. The number of carbonyl (C=O) groups excluding carboxylic acids is 2. The summed E-state index contributed by atoms with van der Waals surface area (Å²) < 4.78 is 0. The fourth-order valence-corrected chi connectivity index (χ4v) is 2.28. The van der Waals surface area contributed by atoms with Crippen LogP contribution in [0.15, 0.2) is 0 Å². The second-order valence-corrected chi connectivity index (χ2v) is 5.68. The molecule has 1 atom stereocenters. The average Bonchev–Trinajstić information content (AvgIpc) is 2.37. The average molecular weight is 270 g/mol. The van der Waals surface area contributed by atoms with Gasteiger partial charge in [-0.2, -0.15) is 0 Å². The molecule has 1 saturated heterocycles. The number of aliphatic hydroxyl groups is 1. The molecule has 0 saturated carbocycles. The number of hydrogen-bond donors (Lipinski definition) is 2. The third kappa shape index (κ3) is 5.19. The van der Waals surface area contributed by atoms with Crippen molar-refractivity contribution < 1.29 is 14.7 Å². The van der Waals surface area contributed by atoms with Gasteiger partial charge < -0.3 is 15.3 Å². The van der Waals surface area contributed by atoms with E-state index < -0.39 is 0 Å². The normalized spacial score (nSPS) is 18.5. The lowest BCUT2D eigenvalue weighted by molar-refractivity contribution is -0.138. The molecule has 2 amide bonds. The van der Waals surface area contributed by atoms with Crippen LogP contribution < -0.4 is 5.32 Å². The van der Waals surface area contributed by atoms with E-state index in [0.717, 1.165) is 12.8 Å². The molecule has 1 aliphatic rings. The van der Waals surface area contributed by atoms with Gasteiger partial charge in [-0.1, -0.05) is 13.8 Å². The summed E-state index contributed by atoms with van der Waals surface area (Å²) in [6, 6.07) is 0. The van der Waals surface area contributed by atoms with Gasteiger partial charge in [0, 0.05) is 31.5 Å². The Hall–Kier alpha value is -1.10. The van der Waals surface area contributed by atoms with Gasteiger partial charge in [0.15, 0.2) is 0 Å². The van der Waals surface area contributed by atoms with Gasteiger partial charge in [-0.25, -0.2) is 0 Å². The maximum Gasteiger partial charge on any atom is 0.225 e. The Labute approximate surface area is 115 Å². The molecule has 110 valence electrons. The summed E-state index contributed by atoms with van der Waals surface area (Å²) in [5.41, 5.74) is 0. The molecule has 5 heteroatoms. The SMILES string of the molecule is CC(O)CCNC(=O)C1CCN(C(=O)C(C)C)CC1. The third-order valence-corrected chi connectivity index (χ3v) is 3.53. The van der Waals surface area contributed by atoms with Gasteiger partial charge in [-0.3, -0.25) is 9.59 Å². The van der Waals surface area contributed by atoms with Gasteiger partial charge in [0.1, 0.15) is 0 Å². The van der Waals surface area contributed by atoms with Crippen molar-refractivity contribution in [2.75, 3.05) is 19.6 Å². The van der Waals surface area contributed by atoms with E-state index in [1.807, 2.05) is 18.7 Å². The first kappa shape index (κ1) is 16.0. The molecular formula is C14H26N2O3. The van der Waals surface area contributed by atoms with Crippen molar-refractivity contribution in [3.63, 3.8) is 0 Å². The van der Waals surface area contributed by atoms with E-state index in [0.29, 0.717) is 26.1 Å². The quantitative estimate of drug-likeness (QED) is 0.775. The van der Waals surface area contributed by atoms with Gasteiger partial charge in [0.2, 0.25) is 11.8 Å². The number of carbonyl (C=O) groups is 2. The molecular weight excluding hydrogens is 244 g/mol. The molecule has 1 fully saturated rings. The van der Waals surface area contributed by atoms with Crippen molar-refractivity contribution in [3.05, 3.63) is 0 Å². The molecule has 5 nitrogen and oxygen atoms in total. The Balaban J connectivity index is 2.29. The van der Waals surface area contributed by atoms with Crippen molar-refractivity contribution in [3.8, 4) is 0 Å². The van der Waals surface area contributed by atoms with Gasteiger partial charge in [0.25, 0.3) is 0 Å². The molecule has 1 unspecified atom stereocenters. The molecule has 19 heavy (non-hydrogen) atoms. The van der Waals surface area contributed by atoms with Crippen molar-refractivity contribution in [1.82, 2.24) is 10.2 Å². The van der Waals surface area contributed by atoms with Crippen LogP contribution in [0.4, 0.5) is 0 Å². The van der Waals surface area contributed by atoms with E-state index in [2.05, 4.69) is 5.32 Å². The van der Waals surface area contributed by atoms with Crippen LogP contribution in [0.5, 0.6) is 0 Å². The summed E-state index contributed by atoms with van der Waals surface area (Å²) in [6.07, 6.45) is 1.67. The van der Waals surface area contributed by atoms with Crippen molar-refractivity contribution in [2.45, 2.75) is 46.1 Å². The van der Waals surface area contributed by atoms with E-state index in [1.54, 1.807) is 6.92 Å². The Morgan fingerprint density at radius 2 is 1.84 bits per heavy atom. The molecule has 0 aromatic carbocycles. The molecule has 0 aromatic rings. The number of amides is 2. The minimum absolute atomic E-state index is 0.00483. The Morgan fingerprint density at radius 3 is 2.32 bits per heavy atom. The van der Waals surface area contributed by atoms with Gasteiger partial charge in [-0.05, 0) is 26.2 Å². The first-order chi connectivity index (χ1) is 8.91. The highest BCUT2D eigenvalue weighted by Gasteiger charge is 2.27. The van der Waals surface area contributed by atoms with E-state index >= 15 is 0 Å². The zero-order valence-electron chi connectivity index (χ0n) is 12.2. The summed E-state index contributed by atoms with van der Waals surface area (Å²) >= 11 is 0. The van der Waals surface area contributed by atoms with Crippen LogP contribution in [0, 0.1) is 11.8 Å². The highest BCUT2D eigenvalue weighted by atomic mass is 16.3. The molecule has 2 N–H and O–H groups in total. The predicted molar refractivity (Wildman–Crippen MR) is 73.4 cm³/mol.